The Bertz CT molecular complexity index is 899. The molecule has 0 atom stereocenters. The molecule has 0 amide bonds. The number of piperazine rings is 1. The van der Waals surface area contributed by atoms with Crippen LogP contribution in [0, 0.1) is 6.92 Å². The van der Waals surface area contributed by atoms with Crippen molar-refractivity contribution in [2.75, 3.05) is 59.0 Å². The van der Waals surface area contributed by atoms with Crippen molar-refractivity contribution in [1.29, 1.82) is 0 Å². The summed E-state index contributed by atoms with van der Waals surface area (Å²) in [7, 11) is 4.73. The number of benzene rings is 2. The Kier molecular flexibility index (Phi) is 9.88. The molecule has 32 heavy (non-hydrogen) atoms. The molecule has 2 aromatic rings. The van der Waals surface area contributed by atoms with Crippen molar-refractivity contribution in [3.8, 4) is 17.2 Å². The number of hydrogen-bond acceptors (Lipinski definition) is 6. The van der Waals surface area contributed by atoms with E-state index in [4.69, 9.17) is 14.2 Å². The van der Waals surface area contributed by atoms with E-state index < -0.39 is 0 Å². The zero-order valence-electron chi connectivity index (χ0n) is 19.3. The first kappa shape index (κ1) is 25.6. The van der Waals surface area contributed by atoms with Crippen LogP contribution in [-0.4, -0.2) is 64.7 Å². The fourth-order valence-electron chi connectivity index (χ4n) is 3.87. The zero-order chi connectivity index (χ0) is 22.2. The molecule has 6 nitrogen and oxygen atoms in total. The summed E-state index contributed by atoms with van der Waals surface area (Å²) in [6.45, 7) is 6.85. The Morgan fingerprint density at radius 3 is 2.16 bits per heavy atom. The van der Waals surface area contributed by atoms with E-state index in [2.05, 4.69) is 41.0 Å². The zero-order valence-corrected chi connectivity index (χ0v) is 20.1. The van der Waals surface area contributed by atoms with Crippen LogP contribution in [0.4, 0.5) is 5.69 Å². The molecule has 0 unspecified atom stereocenters. The molecule has 0 radical (unpaired) electrons. The van der Waals surface area contributed by atoms with Gasteiger partial charge in [0, 0.05) is 44.8 Å². The fourth-order valence-corrected chi connectivity index (χ4v) is 3.87. The van der Waals surface area contributed by atoms with Crippen molar-refractivity contribution in [3.05, 3.63) is 53.6 Å². The summed E-state index contributed by atoms with van der Waals surface area (Å²) in [5.41, 5.74) is 3.45. The van der Waals surface area contributed by atoms with E-state index in [-0.39, 0.29) is 18.2 Å². The lowest BCUT2D eigenvalue weighted by Gasteiger charge is -2.36. The van der Waals surface area contributed by atoms with E-state index in [9.17, 15) is 4.79 Å². The molecule has 1 fully saturated rings. The molecule has 0 N–H and O–H groups in total. The van der Waals surface area contributed by atoms with Crippen LogP contribution in [0.3, 0.4) is 0 Å². The first-order chi connectivity index (χ1) is 15.0. The van der Waals surface area contributed by atoms with Gasteiger partial charge in [-0.25, -0.2) is 0 Å². The number of nitrogens with zero attached hydrogens (tertiary/aromatic N) is 2. The van der Waals surface area contributed by atoms with Gasteiger partial charge >= 0.3 is 0 Å². The van der Waals surface area contributed by atoms with Gasteiger partial charge in [-0.1, -0.05) is 24.3 Å². The van der Waals surface area contributed by atoms with Gasteiger partial charge < -0.3 is 19.1 Å². The molecule has 174 valence electrons. The minimum atomic E-state index is 0. The summed E-state index contributed by atoms with van der Waals surface area (Å²) in [4.78, 5) is 17.2. The maximum absolute atomic E-state index is 12.4. The van der Waals surface area contributed by atoms with Crippen molar-refractivity contribution < 1.29 is 19.0 Å². The Balaban J connectivity index is 0.00000363. The Hall–Kier alpha value is -2.70. The molecule has 0 aliphatic carbocycles. The molecule has 3 rings (SSSR count). The molecule has 1 heterocycles. The molecule has 1 aliphatic rings. The number of allylic oxidation sites excluding steroid dienone is 1. The lowest BCUT2D eigenvalue weighted by molar-refractivity contribution is -0.114. The Morgan fingerprint density at radius 1 is 0.969 bits per heavy atom. The number of hydrogen-bond donors (Lipinski definition) is 0. The highest BCUT2D eigenvalue weighted by Gasteiger charge is 2.18. The van der Waals surface area contributed by atoms with Crippen LogP contribution >= 0.6 is 12.4 Å². The van der Waals surface area contributed by atoms with Gasteiger partial charge in [0.25, 0.3) is 0 Å². The predicted octanol–water partition coefficient (Wildman–Crippen LogP) is 4.24. The number of carbonyl (C=O) groups is 1. The summed E-state index contributed by atoms with van der Waals surface area (Å²) in [5, 5.41) is 0. The van der Waals surface area contributed by atoms with Crippen molar-refractivity contribution in [2.24, 2.45) is 0 Å². The molecule has 0 spiro atoms. The van der Waals surface area contributed by atoms with E-state index in [1.54, 1.807) is 33.5 Å². The van der Waals surface area contributed by atoms with E-state index in [0.29, 0.717) is 23.7 Å². The highest BCUT2D eigenvalue weighted by molar-refractivity contribution is 5.93. The highest BCUT2D eigenvalue weighted by Crippen LogP contribution is 2.38. The van der Waals surface area contributed by atoms with E-state index in [1.807, 2.05) is 12.1 Å². The number of aryl methyl sites for hydroxylation is 1. The smallest absolute Gasteiger partial charge is 0.203 e. The highest BCUT2D eigenvalue weighted by atomic mass is 35.5. The normalized spacial score (nSPS) is 14.2. The van der Waals surface area contributed by atoms with Crippen molar-refractivity contribution in [1.82, 2.24) is 4.90 Å². The van der Waals surface area contributed by atoms with Crippen LogP contribution in [0.2, 0.25) is 0 Å². The monoisotopic (exact) mass is 460 g/mol. The number of ether oxygens (including phenoxy) is 3. The maximum Gasteiger partial charge on any atom is 0.203 e. The largest absolute Gasteiger partial charge is 0.493 e. The van der Waals surface area contributed by atoms with Gasteiger partial charge in [-0.15, -0.1) is 12.4 Å². The van der Waals surface area contributed by atoms with Crippen LogP contribution < -0.4 is 19.1 Å². The topological polar surface area (TPSA) is 51.2 Å². The Labute approximate surface area is 197 Å². The number of para-hydroxylation sites is 1. The first-order valence-corrected chi connectivity index (χ1v) is 10.6. The van der Waals surface area contributed by atoms with Crippen molar-refractivity contribution >= 4 is 30.0 Å². The van der Waals surface area contributed by atoms with E-state index in [1.165, 1.54) is 11.3 Å². The van der Waals surface area contributed by atoms with Crippen LogP contribution in [-0.2, 0) is 4.79 Å². The van der Waals surface area contributed by atoms with Crippen molar-refractivity contribution in [3.63, 3.8) is 0 Å². The third-order valence-electron chi connectivity index (χ3n) is 5.65. The standard InChI is InChI=1S/C25H32N2O4.ClH/c1-19-7-5-6-8-22(19)27-15-13-26(14-16-27)12-11-21(28)10-9-20-17-23(29-2)25(31-4)24(18-20)30-3;/h5-10,17-18H,11-16H2,1-4H3;1H/b10-9+;. The average Bonchev–Trinajstić information content (AvgIpc) is 2.81. The first-order valence-electron chi connectivity index (χ1n) is 10.6. The molecular weight excluding hydrogens is 428 g/mol. The lowest BCUT2D eigenvalue weighted by atomic mass is 10.1. The quantitative estimate of drug-likeness (QED) is 0.522. The molecule has 0 bridgehead atoms. The van der Waals surface area contributed by atoms with Gasteiger partial charge in [0.2, 0.25) is 5.75 Å². The average molecular weight is 461 g/mol. The van der Waals surface area contributed by atoms with Gasteiger partial charge in [0.1, 0.15) is 0 Å². The summed E-state index contributed by atoms with van der Waals surface area (Å²) < 4.78 is 16.1. The van der Waals surface area contributed by atoms with Gasteiger partial charge in [-0.3, -0.25) is 9.69 Å². The third-order valence-corrected chi connectivity index (χ3v) is 5.65. The van der Waals surface area contributed by atoms with Crippen LogP contribution in [0.1, 0.15) is 17.5 Å². The molecule has 0 aromatic heterocycles. The summed E-state index contributed by atoms with van der Waals surface area (Å²) in [5.74, 6) is 1.79. The maximum atomic E-state index is 12.4. The molecule has 1 saturated heterocycles. The number of methoxy groups -OCH3 is 3. The van der Waals surface area contributed by atoms with Gasteiger partial charge in [-0.2, -0.15) is 0 Å². The molecule has 2 aromatic carbocycles. The SMILES string of the molecule is COc1cc(/C=C/C(=O)CCN2CCN(c3ccccc3C)CC2)cc(OC)c1OC.Cl. The Morgan fingerprint density at radius 2 is 1.59 bits per heavy atom. The minimum absolute atomic E-state index is 0. The summed E-state index contributed by atoms with van der Waals surface area (Å²) in [6, 6.07) is 12.2. The summed E-state index contributed by atoms with van der Waals surface area (Å²) in [6.07, 6.45) is 3.93. The molecule has 1 aliphatic heterocycles. The molecular formula is C25H33ClN2O4. The second kappa shape index (κ2) is 12.4. The number of halogens is 1. The predicted molar refractivity (Wildman–Crippen MR) is 132 cm³/mol. The van der Waals surface area contributed by atoms with E-state index >= 15 is 0 Å². The summed E-state index contributed by atoms with van der Waals surface area (Å²) >= 11 is 0. The number of ketones is 1. The van der Waals surface area contributed by atoms with E-state index in [0.717, 1.165) is 38.3 Å². The molecule has 7 heteroatoms. The van der Waals surface area contributed by atoms with Gasteiger partial charge in [-0.05, 0) is 42.3 Å². The lowest BCUT2D eigenvalue weighted by Crippen LogP contribution is -2.47. The van der Waals surface area contributed by atoms with Crippen molar-refractivity contribution in [2.45, 2.75) is 13.3 Å². The van der Waals surface area contributed by atoms with Gasteiger partial charge in [0.15, 0.2) is 17.3 Å². The third kappa shape index (κ3) is 6.40. The second-order valence-electron chi connectivity index (χ2n) is 7.62. The second-order valence-corrected chi connectivity index (χ2v) is 7.62. The molecule has 0 saturated carbocycles. The fraction of sp³-hybridized carbons (Fsp3) is 0.400. The van der Waals surface area contributed by atoms with Crippen LogP contribution in [0.15, 0.2) is 42.5 Å². The number of carbonyl (C=O) groups excluding carboxylic acids is 1. The van der Waals surface area contributed by atoms with Gasteiger partial charge in [0.05, 0.1) is 21.3 Å². The minimum Gasteiger partial charge on any atom is -0.493 e. The van der Waals surface area contributed by atoms with Crippen LogP contribution in [0.5, 0.6) is 17.2 Å². The van der Waals surface area contributed by atoms with Crippen LogP contribution in [0.25, 0.3) is 6.08 Å². The number of anilines is 1. The number of rotatable bonds is 9.